The fourth-order valence-electron chi connectivity index (χ4n) is 4.29. The molecule has 0 bridgehead atoms. The van der Waals surface area contributed by atoms with Crippen molar-refractivity contribution in [1.29, 1.82) is 0 Å². The van der Waals surface area contributed by atoms with Crippen LogP contribution in [0.3, 0.4) is 0 Å². The Hall–Kier alpha value is -4.73. The van der Waals surface area contributed by atoms with Gasteiger partial charge in [-0.1, -0.05) is 32.4 Å². The van der Waals surface area contributed by atoms with Gasteiger partial charge in [0.25, 0.3) is 0 Å². The predicted molar refractivity (Wildman–Crippen MR) is 171 cm³/mol. The Balaban J connectivity index is 3.08. The van der Waals surface area contributed by atoms with Gasteiger partial charge in [0.15, 0.2) is 0 Å². The number of benzene rings is 1. The number of nitrogens with one attached hydrogen (secondary N) is 5. The van der Waals surface area contributed by atoms with Crippen molar-refractivity contribution in [2.45, 2.75) is 103 Å². The van der Waals surface area contributed by atoms with Gasteiger partial charge >= 0.3 is 5.97 Å². The van der Waals surface area contributed by atoms with Crippen LogP contribution < -0.4 is 38.1 Å². The molecule has 0 radical (unpaired) electrons. The molecule has 1 aromatic rings. The molecule has 6 atom stereocenters. The smallest absolute Gasteiger partial charge is 0.325 e. The number of aliphatic carboxylic acids is 1. The van der Waals surface area contributed by atoms with Gasteiger partial charge in [0.05, 0.1) is 6.42 Å². The van der Waals surface area contributed by atoms with Crippen molar-refractivity contribution in [3.05, 3.63) is 29.8 Å². The predicted octanol–water partition coefficient (Wildman–Crippen LogP) is -1.08. The maximum atomic E-state index is 13.3. The number of rotatable bonds is 21. The highest BCUT2D eigenvalue weighted by Gasteiger charge is 2.31. The Kier molecular flexibility index (Phi) is 17.5. The van der Waals surface area contributed by atoms with Crippen molar-refractivity contribution in [3.8, 4) is 5.75 Å². The molecule has 0 saturated carbocycles. The van der Waals surface area contributed by atoms with E-state index in [2.05, 4.69) is 26.6 Å². The number of hydrogen-bond acceptors (Lipinski definition) is 9. The van der Waals surface area contributed by atoms with Gasteiger partial charge in [-0.25, -0.2) is 0 Å². The SMILES string of the molecule is CC[C@H](C)CC(=O)N[C@@H](CCCCN)C(=O)N[C@@H](C)C(=O)N[C@@H](CC(N)=O)C(=O)N[C@@H](Cc1ccc(O)cc1)C(=O)N[C@@H](C)C(=O)O. The summed E-state index contributed by atoms with van der Waals surface area (Å²) in [5, 5.41) is 31.1. The van der Waals surface area contributed by atoms with Gasteiger partial charge in [-0.05, 0) is 63.3 Å². The van der Waals surface area contributed by atoms with Gasteiger partial charge in [-0.3, -0.25) is 33.6 Å². The molecule has 6 amide bonds. The van der Waals surface area contributed by atoms with Gasteiger partial charge in [-0.2, -0.15) is 0 Å². The van der Waals surface area contributed by atoms with E-state index < -0.39 is 72.1 Å². The number of amides is 6. The number of phenolic OH excluding ortho intramolecular Hbond substituents is 1. The fraction of sp³-hybridized carbons (Fsp3) is 0.581. The molecule has 0 spiro atoms. The standard InChI is InChI=1S/C31H49N7O9/c1-5-17(2)14-26(41)36-22(8-6-7-13-32)28(43)34-18(3)27(42)37-24(16-25(33)40)30(45)38-23(29(44)35-19(4)31(46)47)15-20-9-11-21(39)12-10-20/h9-12,17-19,22-24,39H,5-8,13-16,32H2,1-4H3,(H2,33,40)(H,34,43)(H,35,44)(H,36,41)(H,37,42)(H,38,45)(H,46,47)/t17-,18-,19-,22-,23-,24-/m0/s1. The van der Waals surface area contributed by atoms with Crippen LogP contribution in [0.15, 0.2) is 24.3 Å². The van der Waals surface area contributed by atoms with Crippen molar-refractivity contribution in [1.82, 2.24) is 26.6 Å². The second-order valence-corrected chi connectivity index (χ2v) is 11.6. The first-order valence-corrected chi connectivity index (χ1v) is 15.6. The van der Waals surface area contributed by atoms with Crippen molar-refractivity contribution < 1.29 is 43.8 Å². The lowest BCUT2D eigenvalue weighted by Gasteiger charge is -2.25. The van der Waals surface area contributed by atoms with E-state index in [1.165, 1.54) is 38.1 Å². The summed E-state index contributed by atoms with van der Waals surface area (Å²) in [7, 11) is 0. The number of hydrogen-bond donors (Lipinski definition) is 9. The quantitative estimate of drug-likeness (QED) is 0.0718. The Morgan fingerprint density at radius 3 is 1.83 bits per heavy atom. The third-order valence-electron chi connectivity index (χ3n) is 7.36. The van der Waals surface area contributed by atoms with Crippen LogP contribution in [0.4, 0.5) is 0 Å². The van der Waals surface area contributed by atoms with Crippen LogP contribution in [0.5, 0.6) is 5.75 Å². The highest BCUT2D eigenvalue weighted by atomic mass is 16.4. The molecule has 0 aromatic heterocycles. The molecule has 1 rings (SSSR count). The van der Waals surface area contributed by atoms with Gasteiger partial charge < -0.3 is 48.3 Å². The molecule has 0 aliphatic rings. The average molecular weight is 664 g/mol. The van der Waals surface area contributed by atoms with Crippen LogP contribution in [0.25, 0.3) is 0 Å². The number of carbonyl (C=O) groups is 7. The second-order valence-electron chi connectivity index (χ2n) is 11.6. The Bertz CT molecular complexity index is 1240. The summed E-state index contributed by atoms with van der Waals surface area (Å²) in [6.07, 6.45) is 1.64. The molecule has 0 unspecified atom stereocenters. The van der Waals surface area contributed by atoms with E-state index >= 15 is 0 Å². The van der Waals surface area contributed by atoms with E-state index in [4.69, 9.17) is 11.5 Å². The third-order valence-corrected chi connectivity index (χ3v) is 7.36. The molecule has 0 aliphatic heterocycles. The minimum absolute atomic E-state index is 0.0425. The normalized spacial score (nSPS) is 14.7. The molecule has 11 N–H and O–H groups in total. The summed E-state index contributed by atoms with van der Waals surface area (Å²) in [5.74, 6) is -5.85. The van der Waals surface area contributed by atoms with E-state index in [9.17, 15) is 43.8 Å². The summed E-state index contributed by atoms with van der Waals surface area (Å²) >= 11 is 0. The van der Waals surface area contributed by atoms with Crippen LogP contribution >= 0.6 is 0 Å². The zero-order valence-electron chi connectivity index (χ0n) is 27.3. The maximum absolute atomic E-state index is 13.3. The molecular formula is C31H49N7O9. The number of unbranched alkanes of at least 4 members (excludes halogenated alkanes) is 1. The van der Waals surface area contributed by atoms with Crippen molar-refractivity contribution >= 4 is 41.4 Å². The van der Waals surface area contributed by atoms with Crippen molar-refractivity contribution in [2.24, 2.45) is 17.4 Å². The zero-order valence-corrected chi connectivity index (χ0v) is 27.3. The summed E-state index contributed by atoms with van der Waals surface area (Å²) in [5.41, 5.74) is 11.4. The minimum Gasteiger partial charge on any atom is -0.508 e. The van der Waals surface area contributed by atoms with E-state index in [1.807, 2.05) is 13.8 Å². The fourth-order valence-corrected chi connectivity index (χ4v) is 4.29. The first-order chi connectivity index (χ1) is 22.1. The zero-order chi connectivity index (χ0) is 35.7. The van der Waals surface area contributed by atoms with Gasteiger partial charge in [-0.15, -0.1) is 0 Å². The Morgan fingerprint density at radius 2 is 1.28 bits per heavy atom. The van der Waals surface area contributed by atoms with Crippen LogP contribution in [0.1, 0.15) is 71.8 Å². The molecule has 47 heavy (non-hydrogen) atoms. The van der Waals surface area contributed by atoms with E-state index in [0.717, 1.165) is 6.42 Å². The lowest BCUT2D eigenvalue weighted by molar-refractivity contribution is -0.142. The number of aromatic hydroxyl groups is 1. The molecule has 1 aromatic carbocycles. The lowest BCUT2D eigenvalue weighted by Crippen LogP contribution is -2.59. The van der Waals surface area contributed by atoms with Crippen molar-refractivity contribution in [3.63, 3.8) is 0 Å². The minimum atomic E-state index is -1.57. The lowest BCUT2D eigenvalue weighted by atomic mass is 10.0. The van der Waals surface area contributed by atoms with Crippen LogP contribution in [0.2, 0.25) is 0 Å². The largest absolute Gasteiger partial charge is 0.508 e. The molecule has 0 fully saturated rings. The third kappa shape index (κ3) is 15.4. The van der Waals surface area contributed by atoms with E-state index in [-0.39, 0.29) is 36.8 Å². The van der Waals surface area contributed by atoms with Crippen molar-refractivity contribution in [2.75, 3.05) is 6.54 Å². The molecular weight excluding hydrogens is 614 g/mol. The van der Waals surface area contributed by atoms with E-state index in [1.54, 1.807) is 0 Å². The number of primary amides is 1. The number of phenols is 1. The first-order valence-electron chi connectivity index (χ1n) is 15.6. The molecule has 16 heteroatoms. The summed E-state index contributed by atoms with van der Waals surface area (Å²) < 4.78 is 0. The van der Waals surface area contributed by atoms with Gasteiger partial charge in [0, 0.05) is 12.8 Å². The summed E-state index contributed by atoms with van der Waals surface area (Å²) in [6.45, 7) is 6.82. The molecule has 0 heterocycles. The topological polar surface area (TPSA) is 272 Å². The van der Waals surface area contributed by atoms with Gasteiger partial charge in [0.2, 0.25) is 35.4 Å². The highest BCUT2D eigenvalue weighted by molar-refractivity contribution is 5.97. The number of nitrogens with two attached hydrogens (primary N) is 2. The van der Waals surface area contributed by atoms with Crippen LogP contribution in [-0.4, -0.2) is 88.4 Å². The first kappa shape index (κ1) is 40.3. The number of carboxylic acids is 1. The monoisotopic (exact) mass is 663 g/mol. The maximum Gasteiger partial charge on any atom is 0.325 e. The van der Waals surface area contributed by atoms with E-state index in [0.29, 0.717) is 24.9 Å². The highest BCUT2D eigenvalue weighted by Crippen LogP contribution is 2.12. The molecule has 16 nitrogen and oxygen atoms in total. The second kappa shape index (κ2) is 20.4. The molecule has 0 aliphatic carbocycles. The average Bonchev–Trinajstić information content (AvgIpc) is 3.00. The molecule has 262 valence electrons. The summed E-state index contributed by atoms with van der Waals surface area (Å²) in [4.78, 5) is 88.1. The van der Waals surface area contributed by atoms with Gasteiger partial charge in [0.1, 0.15) is 36.0 Å². The summed E-state index contributed by atoms with van der Waals surface area (Å²) in [6, 6.07) is -0.682. The number of carboxylic acid groups (broad SMARTS) is 1. The van der Waals surface area contributed by atoms with Crippen LogP contribution in [0, 0.1) is 5.92 Å². The Labute approximate surface area is 274 Å². The Morgan fingerprint density at radius 1 is 0.723 bits per heavy atom. The van der Waals surface area contributed by atoms with Crippen LogP contribution in [-0.2, 0) is 40.0 Å². The molecule has 0 saturated heterocycles. The number of carbonyl (C=O) groups excluding carboxylic acids is 6.